The average Bonchev–Trinajstić information content (AvgIpc) is 2.82. The second-order valence-electron chi connectivity index (χ2n) is 6.55. The Morgan fingerprint density at radius 1 is 1.06 bits per heavy atom. The van der Waals surface area contributed by atoms with E-state index in [4.69, 9.17) is 20.9 Å². The summed E-state index contributed by atoms with van der Waals surface area (Å²) in [5, 5.41) is 4.96. The van der Waals surface area contributed by atoms with Crippen LogP contribution in [0.5, 0.6) is 11.5 Å². The van der Waals surface area contributed by atoms with Crippen LogP contribution in [0.4, 0.5) is 0 Å². The van der Waals surface area contributed by atoms with Crippen molar-refractivity contribution < 1.29 is 9.47 Å². The van der Waals surface area contributed by atoms with Crippen LogP contribution < -0.4 is 15.0 Å². The number of methoxy groups -OCH3 is 1. The molecule has 0 atom stereocenters. The highest BCUT2D eigenvalue weighted by Gasteiger charge is 2.13. The van der Waals surface area contributed by atoms with Crippen LogP contribution in [0.3, 0.4) is 0 Å². The maximum atomic E-state index is 13.3. The van der Waals surface area contributed by atoms with Crippen molar-refractivity contribution in [1.29, 1.82) is 0 Å². The van der Waals surface area contributed by atoms with Crippen LogP contribution in [-0.2, 0) is 0 Å². The van der Waals surface area contributed by atoms with Gasteiger partial charge in [0, 0.05) is 11.1 Å². The monoisotopic (exact) mass is 409 g/mol. The van der Waals surface area contributed by atoms with Crippen LogP contribution in [0.2, 0.25) is 0 Å². The number of nitrogens with zero attached hydrogens (tertiary/aromatic N) is 3. The van der Waals surface area contributed by atoms with Crippen molar-refractivity contribution in [3.63, 3.8) is 0 Å². The molecule has 152 valence electrons. The van der Waals surface area contributed by atoms with Crippen molar-refractivity contribution in [3.8, 4) is 35.2 Å². The summed E-state index contributed by atoms with van der Waals surface area (Å²) < 4.78 is 12.3. The van der Waals surface area contributed by atoms with Gasteiger partial charge in [-0.1, -0.05) is 54.5 Å². The van der Waals surface area contributed by atoms with Crippen LogP contribution in [0.25, 0.3) is 22.3 Å². The summed E-state index contributed by atoms with van der Waals surface area (Å²) in [5.74, 6) is 3.85. The predicted molar refractivity (Wildman–Crippen MR) is 122 cm³/mol. The summed E-state index contributed by atoms with van der Waals surface area (Å²) >= 11 is 0. The standard InChI is InChI=1S/C25H19N3O3/c1-3-16-31-23-19(12-9-15-22(23)30-2)17-26-28-24(18-10-5-4-6-11-18)27-21-14-8-7-13-20(21)25(28)29/h1,4-15,17H,16H2,2H3. The number of aromatic nitrogens is 2. The van der Waals surface area contributed by atoms with E-state index in [0.29, 0.717) is 33.8 Å². The molecule has 4 aromatic rings. The normalized spacial score (nSPS) is 10.8. The van der Waals surface area contributed by atoms with Gasteiger partial charge in [0.15, 0.2) is 17.3 Å². The minimum atomic E-state index is -0.269. The Hall–Kier alpha value is -4.37. The summed E-state index contributed by atoms with van der Waals surface area (Å²) in [6.45, 7) is 0.0773. The lowest BCUT2D eigenvalue weighted by atomic mass is 10.2. The molecule has 0 fully saturated rings. The van der Waals surface area contributed by atoms with E-state index in [0.717, 1.165) is 5.56 Å². The van der Waals surface area contributed by atoms with Crippen LogP contribution in [-0.4, -0.2) is 29.6 Å². The van der Waals surface area contributed by atoms with E-state index in [1.165, 1.54) is 4.68 Å². The molecule has 6 nitrogen and oxygen atoms in total. The van der Waals surface area contributed by atoms with E-state index in [1.807, 2.05) is 48.5 Å². The van der Waals surface area contributed by atoms with Crippen molar-refractivity contribution in [2.75, 3.05) is 13.7 Å². The molecule has 1 heterocycles. The van der Waals surface area contributed by atoms with E-state index in [1.54, 1.807) is 37.6 Å². The highest BCUT2D eigenvalue weighted by atomic mass is 16.5. The Kier molecular flexibility index (Phi) is 5.77. The van der Waals surface area contributed by atoms with Crippen LogP contribution in [0, 0.1) is 12.3 Å². The molecule has 0 amide bonds. The van der Waals surface area contributed by atoms with Crippen LogP contribution in [0.1, 0.15) is 5.56 Å². The van der Waals surface area contributed by atoms with Gasteiger partial charge < -0.3 is 9.47 Å². The maximum Gasteiger partial charge on any atom is 0.282 e. The third-order valence-corrected chi connectivity index (χ3v) is 4.63. The van der Waals surface area contributed by atoms with Gasteiger partial charge in [0.1, 0.15) is 6.61 Å². The van der Waals surface area contributed by atoms with Crippen molar-refractivity contribution in [2.45, 2.75) is 0 Å². The number of benzene rings is 3. The molecule has 0 bridgehead atoms. The third-order valence-electron chi connectivity index (χ3n) is 4.63. The first-order chi connectivity index (χ1) is 15.2. The van der Waals surface area contributed by atoms with E-state index < -0.39 is 0 Å². The molecule has 3 aromatic carbocycles. The Labute approximate surface area is 179 Å². The molecule has 0 unspecified atom stereocenters. The van der Waals surface area contributed by atoms with E-state index >= 15 is 0 Å². The summed E-state index contributed by atoms with van der Waals surface area (Å²) in [4.78, 5) is 17.9. The lowest BCUT2D eigenvalue weighted by Crippen LogP contribution is -2.20. The Bertz CT molecular complexity index is 1350. The molecule has 0 saturated heterocycles. The predicted octanol–water partition coefficient (Wildman–Crippen LogP) is 3.97. The summed E-state index contributed by atoms with van der Waals surface area (Å²) in [6, 6.07) is 22.0. The van der Waals surface area contributed by atoms with Crippen molar-refractivity contribution in [1.82, 2.24) is 9.66 Å². The smallest absolute Gasteiger partial charge is 0.282 e. The molecule has 4 rings (SSSR count). The lowest BCUT2D eigenvalue weighted by molar-refractivity contribution is 0.330. The van der Waals surface area contributed by atoms with Gasteiger partial charge in [-0.2, -0.15) is 9.78 Å². The van der Waals surface area contributed by atoms with Crippen LogP contribution >= 0.6 is 0 Å². The minimum absolute atomic E-state index is 0.0773. The first-order valence-corrected chi connectivity index (χ1v) is 9.57. The first-order valence-electron chi connectivity index (χ1n) is 9.57. The second kappa shape index (κ2) is 8.97. The topological polar surface area (TPSA) is 65.7 Å². The zero-order chi connectivity index (χ0) is 21.6. The zero-order valence-electron chi connectivity index (χ0n) is 16.9. The van der Waals surface area contributed by atoms with E-state index in [-0.39, 0.29) is 12.2 Å². The molecule has 0 aliphatic rings. The number of terminal acetylenes is 1. The molecule has 0 saturated carbocycles. The Morgan fingerprint density at radius 3 is 2.61 bits per heavy atom. The number of ether oxygens (including phenoxy) is 2. The maximum absolute atomic E-state index is 13.3. The number of hydrogen-bond donors (Lipinski definition) is 0. The lowest BCUT2D eigenvalue weighted by Gasteiger charge is -2.12. The number of para-hydroxylation sites is 2. The van der Waals surface area contributed by atoms with Gasteiger partial charge in [-0.3, -0.25) is 4.79 Å². The van der Waals surface area contributed by atoms with Gasteiger partial charge in [0.05, 0.1) is 24.2 Å². The molecule has 0 aliphatic carbocycles. The minimum Gasteiger partial charge on any atom is -0.493 e. The van der Waals surface area contributed by atoms with E-state index in [2.05, 4.69) is 11.0 Å². The van der Waals surface area contributed by atoms with Gasteiger partial charge in [-0.15, -0.1) is 6.42 Å². The van der Waals surface area contributed by atoms with Crippen LogP contribution in [0.15, 0.2) is 82.7 Å². The Morgan fingerprint density at radius 2 is 1.84 bits per heavy atom. The second-order valence-corrected chi connectivity index (χ2v) is 6.55. The van der Waals surface area contributed by atoms with Gasteiger partial charge in [0.2, 0.25) is 0 Å². The molecule has 0 radical (unpaired) electrons. The van der Waals surface area contributed by atoms with Gasteiger partial charge >= 0.3 is 0 Å². The average molecular weight is 409 g/mol. The molecular formula is C25H19N3O3. The van der Waals surface area contributed by atoms with Gasteiger partial charge in [-0.25, -0.2) is 4.98 Å². The fourth-order valence-corrected chi connectivity index (χ4v) is 3.19. The number of rotatable bonds is 6. The Balaban J connectivity index is 1.89. The molecule has 0 aliphatic heterocycles. The highest BCUT2D eigenvalue weighted by Crippen LogP contribution is 2.30. The number of fused-ring (bicyclic) bond motifs is 1. The van der Waals surface area contributed by atoms with E-state index in [9.17, 15) is 4.79 Å². The molecule has 6 heteroatoms. The zero-order valence-corrected chi connectivity index (χ0v) is 16.9. The van der Waals surface area contributed by atoms with Gasteiger partial charge in [-0.05, 0) is 24.3 Å². The fraction of sp³-hybridized carbons (Fsp3) is 0.0800. The van der Waals surface area contributed by atoms with Crippen molar-refractivity contribution in [2.24, 2.45) is 5.10 Å². The first kappa shape index (κ1) is 19.9. The fourth-order valence-electron chi connectivity index (χ4n) is 3.19. The third kappa shape index (κ3) is 4.02. The molecule has 0 N–H and O–H groups in total. The van der Waals surface area contributed by atoms with Crippen molar-refractivity contribution >= 4 is 17.1 Å². The number of hydrogen-bond acceptors (Lipinski definition) is 5. The molecule has 0 spiro atoms. The molecule has 1 aromatic heterocycles. The summed E-state index contributed by atoms with van der Waals surface area (Å²) in [6.07, 6.45) is 6.88. The van der Waals surface area contributed by atoms with Crippen molar-refractivity contribution in [3.05, 3.63) is 88.7 Å². The SMILES string of the molecule is C#CCOc1c(C=Nn2c(-c3ccccc3)nc3ccccc3c2=O)cccc1OC. The highest BCUT2D eigenvalue weighted by molar-refractivity contribution is 5.86. The largest absolute Gasteiger partial charge is 0.493 e. The molecule has 31 heavy (non-hydrogen) atoms. The summed E-state index contributed by atoms with van der Waals surface area (Å²) in [7, 11) is 1.55. The molecular weight excluding hydrogens is 390 g/mol. The summed E-state index contributed by atoms with van der Waals surface area (Å²) in [5.41, 5.74) is 1.73. The van der Waals surface area contributed by atoms with Gasteiger partial charge in [0.25, 0.3) is 5.56 Å². The quantitative estimate of drug-likeness (QED) is 0.357.